The van der Waals surface area contributed by atoms with E-state index in [0.717, 1.165) is 44.0 Å². The number of aliphatic hydroxyl groups excluding tert-OH is 1. The van der Waals surface area contributed by atoms with Crippen LogP contribution < -0.4 is 10.1 Å². The zero-order valence-corrected chi connectivity index (χ0v) is 14.0. The lowest BCUT2D eigenvalue weighted by Gasteiger charge is -2.35. The molecule has 0 amide bonds. The number of hydrogen-bond acceptors (Lipinski definition) is 5. The Morgan fingerprint density at radius 3 is 2.68 bits per heavy atom. The Kier molecular flexibility index (Phi) is 6.64. The van der Waals surface area contributed by atoms with Crippen LogP contribution in [0, 0.1) is 6.92 Å². The number of likely N-dealkylation sites (N-methyl/N-ethyl adjacent to an activating group) is 1. The summed E-state index contributed by atoms with van der Waals surface area (Å²) in [5.74, 6) is 0.925. The number of aliphatic hydroxyl groups is 1. The number of hydrogen-bond donors (Lipinski definition) is 2. The van der Waals surface area contributed by atoms with E-state index < -0.39 is 0 Å². The van der Waals surface area contributed by atoms with E-state index in [-0.39, 0.29) is 12.6 Å². The molecule has 124 valence electrons. The van der Waals surface area contributed by atoms with Crippen LogP contribution in [0.15, 0.2) is 18.2 Å². The van der Waals surface area contributed by atoms with Crippen molar-refractivity contribution in [2.45, 2.75) is 13.0 Å². The van der Waals surface area contributed by atoms with E-state index in [9.17, 15) is 5.11 Å². The van der Waals surface area contributed by atoms with Crippen LogP contribution in [0.3, 0.4) is 0 Å². The lowest BCUT2D eigenvalue weighted by atomic mass is 10.0. The zero-order valence-electron chi connectivity index (χ0n) is 14.0. The maximum Gasteiger partial charge on any atom is 0.121 e. The second-order valence-electron chi connectivity index (χ2n) is 6.00. The number of rotatable bonds is 7. The molecule has 1 heterocycles. The summed E-state index contributed by atoms with van der Waals surface area (Å²) < 4.78 is 5.37. The van der Waals surface area contributed by atoms with Crippen LogP contribution in [-0.2, 0) is 0 Å². The SMILES string of the molecule is COc1ccc(C(CN2CCNCC2)N(C)CCO)cc1C. The van der Waals surface area contributed by atoms with Crippen molar-refractivity contribution in [3.63, 3.8) is 0 Å². The van der Waals surface area contributed by atoms with Crippen LogP contribution in [-0.4, -0.2) is 74.9 Å². The first kappa shape index (κ1) is 17.2. The van der Waals surface area contributed by atoms with E-state index in [2.05, 4.69) is 41.2 Å². The summed E-state index contributed by atoms with van der Waals surface area (Å²) in [5.41, 5.74) is 2.44. The van der Waals surface area contributed by atoms with Gasteiger partial charge in [-0.25, -0.2) is 0 Å². The standard InChI is InChI=1S/C17H29N3O2/c1-14-12-15(4-5-17(14)22-3)16(19(2)10-11-21)13-20-8-6-18-7-9-20/h4-5,12,16,18,21H,6-11,13H2,1-3H3. The molecule has 0 radical (unpaired) electrons. The van der Waals surface area contributed by atoms with Gasteiger partial charge < -0.3 is 15.2 Å². The number of nitrogens with zero attached hydrogens (tertiary/aromatic N) is 2. The monoisotopic (exact) mass is 307 g/mol. The van der Waals surface area contributed by atoms with Gasteiger partial charge in [-0.2, -0.15) is 0 Å². The lowest BCUT2D eigenvalue weighted by Crippen LogP contribution is -2.47. The first-order chi connectivity index (χ1) is 10.7. The van der Waals surface area contributed by atoms with Crippen molar-refractivity contribution < 1.29 is 9.84 Å². The van der Waals surface area contributed by atoms with Gasteiger partial charge in [-0.3, -0.25) is 9.80 Å². The van der Waals surface area contributed by atoms with Gasteiger partial charge in [-0.15, -0.1) is 0 Å². The van der Waals surface area contributed by atoms with Crippen LogP contribution in [0.4, 0.5) is 0 Å². The lowest BCUT2D eigenvalue weighted by molar-refractivity contribution is 0.130. The summed E-state index contributed by atoms with van der Waals surface area (Å²) in [6.45, 7) is 8.21. The molecule has 22 heavy (non-hydrogen) atoms. The Balaban J connectivity index is 2.17. The Morgan fingerprint density at radius 1 is 1.36 bits per heavy atom. The van der Waals surface area contributed by atoms with Crippen molar-refractivity contribution in [1.82, 2.24) is 15.1 Å². The normalized spacial score (nSPS) is 17.7. The van der Waals surface area contributed by atoms with Crippen molar-refractivity contribution in [2.24, 2.45) is 0 Å². The highest BCUT2D eigenvalue weighted by atomic mass is 16.5. The topological polar surface area (TPSA) is 48.0 Å². The summed E-state index contributed by atoms with van der Waals surface area (Å²) in [5, 5.41) is 12.7. The number of methoxy groups -OCH3 is 1. The average Bonchev–Trinajstić information content (AvgIpc) is 2.53. The fourth-order valence-corrected chi connectivity index (χ4v) is 3.06. The summed E-state index contributed by atoms with van der Waals surface area (Å²) in [6.07, 6.45) is 0. The Morgan fingerprint density at radius 2 is 2.09 bits per heavy atom. The molecule has 0 aromatic heterocycles. The molecule has 2 N–H and O–H groups in total. The fraction of sp³-hybridized carbons (Fsp3) is 0.647. The molecule has 2 rings (SSSR count). The van der Waals surface area contributed by atoms with Crippen molar-refractivity contribution in [1.29, 1.82) is 0 Å². The molecule has 1 fully saturated rings. The summed E-state index contributed by atoms with van der Waals surface area (Å²) in [4.78, 5) is 4.73. The van der Waals surface area contributed by atoms with Crippen molar-refractivity contribution in [3.05, 3.63) is 29.3 Å². The molecule has 0 spiro atoms. The summed E-state index contributed by atoms with van der Waals surface area (Å²) in [7, 11) is 3.79. The second-order valence-corrected chi connectivity index (χ2v) is 6.00. The van der Waals surface area contributed by atoms with Gasteiger partial charge >= 0.3 is 0 Å². The smallest absolute Gasteiger partial charge is 0.121 e. The van der Waals surface area contributed by atoms with E-state index >= 15 is 0 Å². The maximum absolute atomic E-state index is 9.29. The van der Waals surface area contributed by atoms with Gasteiger partial charge in [0.25, 0.3) is 0 Å². The molecule has 1 atom stereocenters. The molecular weight excluding hydrogens is 278 g/mol. The largest absolute Gasteiger partial charge is 0.496 e. The average molecular weight is 307 g/mol. The van der Waals surface area contributed by atoms with E-state index in [1.165, 1.54) is 5.56 Å². The van der Waals surface area contributed by atoms with E-state index in [1.54, 1.807) is 7.11 Å². The predicted molar refractivity (Wildman–Crippen MR) is 89.5 cm³/mol. The minimum Gasteiger partial charge on any atom is -0.496 e. The molecule has 0 saturated carbocycles. The Labute approximate surface area is 133 Å². The number of nitrogens with one attached hydrogen (secondary N) is 1. The highest BCUT2D eigenvalue weighted by Gasteiger charge is 2.22. The molecular formula is C17H29N3O2. The van der Waals surface area contributed by atoms with Crippen LogP contribution in [0.1, 0.15) is 17.2 Å². The molecule has 0 bridgehead atoms. The van der Waals surface area contributed by atoms with Crippen LogP contribution >= 0.6 is 0 Å². The minimum atomic E-state index is 0.184. The molecule has 0 aliphatic carbocycles. The van der Waals surface area contributed by atoms with E-state index in [0.29, 0.717) is 6.54 Å². The number of aryl methyl sites for hydroxylation is 1. The third kappa shape index (κ3) is 4.43. The molecule has 5 nitrogen and oxygen atoms in total. The summed E-state index contributed by atoms with van der Waals surface area (Å²) in [6, 6.07) is 6.68. The molecule has 1 aromatic carbocycles. The minimum absolute atomic E-state index is 0.184. The third-order valence-corrected chi connectivity index (χ3v) is 4.43. The van der Waals surface area contributed by atoms with Crippen LogP contribution in [0.25, 0.3) is 0 Å². The molecule has 5 heteroatoms. The Hall–Kier alpha value is -1.14. The molecule has 1 aromatic rings. The van der Waals surface area contributed by atoms with E-state index in [1.807, 2.05) is 6.07 Å². The predicted octanol–water partition coefficient (Wildman–Crippen LogP) is 0.874. The zero-order chi connectivity index (χ0) is 15.9. The molecule has 1 aliphatic rings. The van der Waals surface area contributed by atoms with Gasteiger partial charge in [0.05, 0.1) is 13.7 Å². The molecule has 1 saturated heterocycles. The van der Waals surface area contributed by atoms with Gasteiger partial charge in [-0.05, 0) is 31.2 Å². The fourth-order valence-electron chi connectivity index (χ4n) is 3.06. The number of ether oxygens (including phenoxy) is 1. The van der Waals surface area contributed by atoms with Crippen LogP contribution in [0.2, 0.25) is 0 Å². The van der Waals surface area contributed by atoms with Gasteiger partial charge in [-0.1, -0.05) is 12.1 Å². The highest BCUT2D eigenvalue weighted by Crippen LogP contribution is 2.26. The first-order valence-corrected chi connectivity index (χ1v) is 8.04. The molecule has 1 unspecified atom stereocenters. The van der Waals surface area contributed by atoms with Gasteiger partial charge in [0.1, 0.15) is 5.75 Å². The summed E-state index contributed by atoms with van der Waals surface area (Å²) >= 11 is 0. The third-order valence-electron chi connectivity index (χ3n) is 4.43. The Bertz CT molecular complexity index is 461. The van der Waals surface area contributed by atoms with Crippen molar-refractivity contribution in [2.75, 3.05) is 60.0 Å². The van der Waals surface area contributed by atoms with Gasteiger partial charge in [0.15, 0.2) is 0 Å². The number of benzene rings is 1. The second kappa shape index (κ2) is 8.48. The first-order valence-electron chi connectivity index (χ1n) is 8.04. The highest BCUT2D eigenvalue weighted by molar-refractivity contribution is 5.37. The quantitative estimate of drug-likeness (QED) is 0.783. The van der Waals surface area contributed by atoms with Crippen LogP contribution in [0.5, 0.6) is 5.75 Å². The van der Waals surface area contributed by atoms with Gasteiger partial charge in [0, 0.05) is 45.3 Å². The maximum atomic E-state index is 9.29. The van der Waals surface area contributed by atoms with Gasteiger partial charge in [0.2, 0.25) is 0 Å². The van der Waals surface area contributed by atoms with Crippen molar-refractivity contribution >= 4 is 0 Å². The van der Waals surface area contributed by atoms with E-state index in [4.69, 9.17) is 4.74 Å². The molecule has 1 aliphatic heterocycles. The van der Waals surface area contributed by atoms with Crippen molar-refractivity contribution in [3.8, 4) is 5.75 Å². The number of piperazine rings is 1.